The second-order valence-corrected chi connectivity index (χ2v) is 19.3. The lowest BCUT2D eigenvalue weighted by atomic mass is 9.82. The average Bonchev–Trinajstić information content (AvgIpc) is 4.11. The number of halogens is 2. The van der Waals surface area contributed by atoms with E-state index in [1.807, 2.05) is 30.7 Å². The number of alkyl halides is 1. The van der Waals surface area contributed by atoms with Crippen LogP contribution in [0.25, 0.3) is 10.8 Å². The Morgan fingerprint density at radius 2 is 1.86 bits per heavy atom. The van der Waals surface area contributed by atoms with Gasteiger partial charge in [0.25, 0.3) is 10.0 Å². The number of Topliss-reactive ketones (excluding diaryl/α,β-unsaturated/α-hetero) is 1. The van der Waals surface area contributed by atoms with Gasteiger partial charge in [-0.1, -0.05) is 32.9 Å². The van der Waals surface area contributed by atoms with E-state index in [1.54, 1.807) is 6.07 Å². The monoisotopic (exact) mass is 799 g/mol. The predicted molar refractivity (Wildman–Crippen MR) is 201 cm³/mol. The van der Waals surface area contributed by atoms with Crippen molar-refractivity contribution in [1.82, 2.24) is 14.6 Å². The third-order valence-corrected chi connectivity index (χ3v) is 14.5. The Kier molecular flexibility index (Phi) is 10.7. The van der Waals surface area contributed by atoms with Crippen LogP contribution in [-0.4, -0.2) is 79.3 Å². The molecule has 1 N–H and O–H groups in total. The van der Waals surface area contributed by atoms with E-state index >= 15 is 0 Å². The number of fused-ring (bicyclic) bond motifs is 3. The van der Waals surface area contributed by atoms with Crippen molar-refractivity contribution in [1.29, 1.82) is 0 Å². The van der Waals surface area contributed by atoms with E-state index in [1.165, 1.54) is 30.3 Å². The zero-order valence-corrected chi connectivity index (χ0v) is 33.2. The summed E-state index contributed by atoms with van der Waals surface area (Å²) in [6.45, 7) is 6.23. The van der Waals surface area contributed by atoms with Gasteiger partial charge < -0.3 is 19.1 Å². The molecule has 0 unspecified atom stereocenters. The molecule has 2 aliphatic heterocycles. The molecule has 15 heteroatoms. The number of carbonyl (C=O) groups excluding carboxylic acids is 4. The van der Waals surface area contributed by atoms with Crippen LogP contribution < -0.4 is 14.2 Å². The molecule has 1 saturated heterocycles. The number of benzene rings is 1. The zero-order valence-electron chi connectivity index (χ0n) is 32.4. The summed E-state index contributed by atoms with van der Waals surface area (Å²) in [5.74, 6) is -4.30. The Morgan fingerprint density at radius 3 is 2.55 bits per heavy atom. The average molecular weight is 800 g/mol. The minimum Gasteiger partial charge on any atom is -0.494 e. The van der Waals surface area contributed by atoms with Gasteiger partial charge in [0.1, 0.15) is 6.10 Å². The first kappa shape index (κ1) is 40.1. The third kappa shape index (κ3) is 8.15. The van der Waals surface area contributed by atoms with Gasteiger partial charge in [0.2, 0.25) is 22.7 Å². The summed E-state index contributed by atoms with van der Waals surface area (Å²) in [4.78, 5) is 62.3. The number of aromatic nitrogens is 1. The van der Waals surface area contributed by atoms with Gasteiger partial charge in [-0.2, -0.15) is 0 Å². The van der Waals surface area contributed by atoms with Gasteiger partial charge in [0.15, 0.2) is 17.3 Å². The van der Waals surface area contributed by atoms with Gasteiger partial charge in [-0.3, -0.25) is 19.2 Å². The summed E-state index contributed by atoms with van der Waals surface area (Å²) in [7, 11) is -3.28. The highest BCUT2D eigenvalue weighted by atomic mass is 32.2. The minimum atomic E-state index is -4.64. The summed E-state index contributed by atoms with van der Waals surface area (Å²) in [5.41, 5.74) is -1.52. The number of sulfonamides is 1. The molecule has 12 nitrogen and oxygen atoms in total. The fourth-order valence-corrected chi connectivity index (χ4v) is 9.65. The second kappa shape index (κ2) is 15.0. The number of ether oxygens (including phenoxy) is 3. The molecule has 7 rings (SSSR count). The molecule has 304 valence electrons. The number of rotatable bonds is 10. The van der Waals surface area contributed by atoms with E-state index in [2.05, 4.69) is 11.9 Å². The van der Waals surface area contributed by atoms with Gasteiger partial charge in [-0.05, 0) is 79.9 Å². The van der Waals surface area contributed by atoms with E-state index < -0.39 is 80.2 Å². The zero-order chi connectivity index (χ0) is 40.2. The maximum Gasteiger partial charge on any atom is 0.306 e. The van der Waals surface area contributed by atoms with E-state index in [4.69, 9.17) is 14.2 Å². The second-order valence-electron chi connectivity index (χ2n) is 17.3. The molecule has 4 fully saturated rings. The highest BCUT2D eigenvalue weighted by Crippen LogP contribution is 2.58. The van der Waals surface area contributed by atoms with Crippen LogP contribution >= 0.6 is 0 Å². The molecule has 0 spiro atoms. The normalized spacial score (nSPS) is 31.6. The lowest BCUT2D eigenvalue weighted by molar-refractivity contribution is -0.152. The molecule has 2 aromatic rings. The van der Waals surface area contributed by atoms with Crippen LogP contribution in [0.4, 0.5) is 8.78 Å². The van der Waals surface area contributed by atoms with Gasteiger partial charge in [-0.25, -0.2) is 26.9 Å². The lowest BCUT2D eigenvalue weighted by Crippen LogP contribution is -2.48. The Hall–Kier alpha value is -4.14. The van der Waals surface area contributed by atoms with Gasteiger partial charge in [0.05, 0.1) is 44.1 Å². The Morgan fingerprint density at radius 1 is 1.11 bits per heavy atom. The van der Waals surface area contributed by atoms with Gasteiger partial charge >= 0.3 is 5.97 Å². The number of hydrogen-bond donors (Lipinski definition) is 1. The number of pyridine rings is 1. The van der Waals surface area contributed by atoms with E-state index in [9.17, 15) is 36.4 Å². The number of methoxy groups -OCH3 is 1. The number of ketones is 1. The third-order valence-electron chi connectivity index (χ3n) is 12.7. The van der Waals surface area contributed by atoms with Crippen molar-refractivity contribution in [2.24, 2.45) is 34.5 Å². The van der Waals surface area contributed by atoms with Crippen molar-refractivity contribution < 1.29 is 50.6 Å². The number of amides is 2. The van der Waals surface area contributed by atoms with Crippen molar-refractivity contribution >= 4 is 44.4 Å². The molecule has 7 atom stereocenters. The summed E-state index contributed by atoms with van der Waals surface area (Å²) in [6, 6.07) is 3.32. The molecule has 5 aliphatic rings. The van der Waals surface area contributed by atoms with Crippen LogP contribution in [0, 0.1) is 40.3 Å². The van der Waals surface area contributed by atoms with E-state index in [0.29, 0.717) is 23.6 Å². The fraction of sp³-hybridized carbons (Fsp3) is 0.634. The smallest absolute Gasteiger partial charge is 0.306 e. The van der Waals surface area contributed by atoms with Crippen molar-refractivity contribution in [3.05, 3.63) is 42.4 Å². The Labute approximate surface area is 326 Å². The molecular weight excluding hydrogens is 749 g/mol. The SMILES string of the molecule is COc1cc2ccnc(O[C@@H]3C[C@H]4C(=O)C[C@]5(C(=O)NS(=O)(=O)C6(F)CC6)C[C@H]5/C=C\CC[C@@H](C)C[C@@H](C)[C@H](CC(=O)OCC5(C)CC5)C(=O)N4C3)c2cc1F. The first-order chi connectivity index (χ1) is 26.5. The molecule has 1 aromatic heterocycles. The maximum atomic E-state index is 14.9. The maximum absolute atomic E-state index is 14.9. The largest absolute Gasteiger partial charge is 0.494 e. The topological polar surface area (TPSA) is 158 Å². The highest BCUT2D eigenvalue weighted by Gasteiger charge is 2.64. The first-order valence-corrected chi connectivity index (χ1v) is 21.1. The van der Waals surface area contributed by atoms with Crippen LogP contribution in [0.3, 0.4) is 0 Å². The number of carbonyl (C=O) groups is 4. The predicted octanol–water partition coefficient (Wildman–Crippen LogP) is 5.96. The van der Waals surface area contributed by atoms with Crippen molar-refractivity contribution in [2.45, 2.75) is 109 Å². The molecule has 1 aromatic carbocycles. The standard InChI is InChI=1S/C41H51F2N3O9S/c1-24-7-5-6-8-27-20-40(27,38(50)45-56(51,52)41(43)12-13-41)21-33(47)32-17-28(55-36-30-18-31(42)34(53-4)16-26(30)9-14-44-36)22-46(32)37(49)29(25(2)15-24)19-35(48)54-23-39(3)10-11-39/h6,8-9,14,16,18,24-25,27-29,32H,5,7,10-13,15,17,19-23H2,1-4H3,(H,45,50)/b8-6-/t24-,25-,27-,28-,29+,32+,40-/m1/s1. The summed E-state index contributed by atoms with van der Waals surface area (Å²) in [6.07, 6.45) is 7.52. The van der Waals surface area contributed by atoms with Crippen molar-refractivity contribution in [3.63, 3.8) is 0 Å². The first-order valence-electron chi connectivity index (χ1n) is 19.7. The fourth-order valence-electron chi connectivity index (χ4n) is 8.38. The highest BCUT2D eigenvalue weighted by molar-refractivity contribution is 7.91. The van der Waals surface area contributed by atoms with Crippen molar-refractivity contribution in [2.75, 3.05) is 20.3 Å². The number of esters is 1. The molecule has 2 amide bonds. The number of allylic oxidation sites excluding steroid dienone is 2. The van der Waals surface area contributed by atoms with Crippen LogP contribution in [0.2, 0.25) is 0 Å². The lowest BCUT2D eigenvalue weighted by Gasteiger charge is -2.32. The molecular formula is C41H51F2N3O9S. The molecule has 0 radical (unpaired) electrons. The molecule has 0 bridgehead atoms. The quantitative estimate of drug-likeness (QED) is 0.225. The summed E-state index contributed by atoms with van der Waals surface area (Å²) >= 11 is 0. The summed E-state index contributed by atoms with van der Waals surface area (Å²) < 4.78 is 74.5. The van der Waals surface area contributed by atoms with Crippen LogP contribution in [0.1, 0.15) is 91.4 Å². The number of nitrogens with one attached hydrogen (secondary N) is 1. The van der Waals surface area contributed by atoms with Crippen LogP contribution in [0.15, 0.2) is 36.5 Å². The molecule has 3 heterocycles. The van der Waals surface area contributed by atoms with Crippen molar-refractivity contribution in [3.8, 4) is 11.6 Å². The molecule has 56 heavy (non-hydrogen) atoms. The van der Waals surface area contributed by atoms with E-state index in [-0.39, 0.29) is 74.1 Å². The van der Waals surface area contributed by atoms with Gasteiger partial charge in [0, 0.05) is 42.7 Å². The van der Waals surface area contributed by atoms with Crippen LogP contribution in [-0.2, 0) is 33.9 Å². The summed E-state index contributed by atoms with van der Waals surface area (Å²) in [5, 5.41) is -1.58. The molecule has 3 aliphatic carbocycles. The minimum absolute atomic E-state index is 0.00826. The van der Waals surface area contributed by atoms with E-state index in [0.717, 1.165) is 19.3 Å². The Bertz CT molecular complexity index is 2050. The van der Waals surface area contributed by atoms with Crippen LogP contribution in [0.5, 0.6) is 11.6 Å². The molecule has 3 saturated carbocycles. The van der Waals surface area contributed by atoms with Gasteiger partial charge in [-0.15, -0.1) is 0 Å². The Balaban J connectivity index is 1.21. The number of nitrogens with zero attached hydrogens (tertiary/aromatic N) is 2. The number of hydrogen-bond acceptors (Lipinski definition) is 10.